The van der Waals surface area contributed by atoms with E-state index in [1.165, 1.54) is 5.56 Å². The molecule has 122 valence electrons. The molecule has 0 bridgehead atoms. The van der Waals surface area contributed by atoms with Gasteiger partial charge in [-0.1, -0.05) is 18.2 Å². The van der Waals surface area contributed by atoms with Gasteiger partial charge in [0, 0.05) is 44.5 Å². The van der Waals surface area contributed by atoms with E-state index in [0.717, 1.165) is 48.7 Å². The second-order valence-electron chi connectivity index (χ2n) is 5.90. The van der Waals surface area contributed by atoms with Gasteiger partial charge in [0.1, 0.15) is 0 Å². The molecular weight excluding hydrogens is 308 g/mol. The minimum Gasteiger partial charge on any atom is -0.391 e. The van der Waals surface area contributed by atoms with E-state index in [1.54, 1.807) is 18.3 Å². The van der Waals surface area contributed by atoms with Crippen LogP contribution in [0.25, 0.3) is 11.1 Å². The van der Waals surface area contributed by atoms with Crippen molar-refractivity contribution < 1.29 is 9.90 Å². The lowest BCUT2D eigenvalue weighted by Gasteiger charge is -2.34. The standard InChI is InChI=1S/C18H22N2O2S/c1-14(22)20-8-6-19(7-9-20)12-15-3-2-4-16(11-15)17-5-10-23-18(17)13-21/h2-5,10-11,21H,6-9,12-13H2,1H3. The molecule has 0 spiro atoms. The van der Waals surface area contributed by atoms with Gasteiger partial charge >= 0.3 is 0 Å². The number of carbonyl (C=O) groups is 1. The van der Waals surface area contributed by atoms with Gasteiger partial charge < -0.3 is 10.0 Å². The third-order valence-electron chi connectivity index (χ3n) is 4.35. The van der Waals surface area contributed by atoms with Crippen molar-refractivity contribution in [2.24, 2.45) is 0 Å². The van der Waals surface area contributed by atoms with Gasteiger partial charge in [-0.25, -0.2) is 0 Å². The van der Waals surface area contributed by atoms with Crippen molar-refractivity contribution in [3.8, 4) is 11.1 Å². The van der Waals surface area contributed by atoms with Crippen molar-refractivity contribution in [1.29, 1.82) is 0 Å². The summed E-state index contributed by atoms with van der Waals surface area (Å²) in [5.74, 6) is 0.167. The summed E-state index contributed by atoms with van der Waals surface area (Å²) in [6.07, 6.45) is 0. The summed E-state index contributed by atoms with van der Waals surface area (Å²) in [6, 6.07) is 10.6. The first-order valence-electron chi connectivity index (χ1n) is 7.92. The lowest BCUT2D eigenvalue weighted by Crippen LogP contribution is -2.47. The van der Waals surface area contributed by atoms with Gasteiger partial charge in [-0.3, -0.25) is 9.69 Å². The summed E-state index contributed by atoms with van der Waals surface area (Å²) < 4.78 is 0. The molecule has 5 heteroatoms. The number of amides is 1. The molecule has 3 rings (SSSR count). The van der Waals surface area contributed by atoms with Crippen molar-refractivity contribution in [2.75, 3.05) is 26.2 Å². The van der Waals surface area contributed by atoms with Crippen molar-refractivity contribution >= 4 is 17.2 Å². The molecule has 0 atom stereocenters. The molecule has 0 unspecified atom stereocenters. The number of aliphatic hydroxyl groups is 1. The summed E-state index contributed by atoms with van der Waals surface area (Å²) in [5.41, 5.74) is 3.56. The molecule has 1 aromatic heterocycles. The molecule has 1 aliphatic heterocycles. The molecule has 2 aromatic rings. The number of piperazine rings is 1. The van der Waals surface area contributed by atoms with E-state index in [2.05, 4.69) is 35.2 Å². The van der Waals surface area contributed by atoms with Gasteiger partial charge in [0.15, 0.2) is 0 Å². The van der Waals surface area contributed by atoms with E-state index < -0.39 is 0 Å². The maximum Gasteiger partial charge on any atom is 0.219 e. The van der Waals surface area contributed by atoms with Crippen LogP contribution >= 0.6 is 11.3 Å². The predicted molar refractivity (Wildman–Crippen MR) is 93.2 cm³/mol. The fourth-order valence-electron chi connectivity index (χ4n) is 3.04. The first kappa shape index (κ1) is 16.2. The van der Waals surface area contributed by atoms with Crippen molar-refractivity contribution in [2.45, 2.75) is 20.1 Å². The highest BCUT2D eigenvalue weighted by Gasteiger charge is 2.18. The van der Waals surface area contributed by atoms with Gasteiger partial charge in [0.05, 0.1) is 6.61 Å². The Balaban J connectivity index is 1.68. The Bertz CT molecular complexity index is 675. The van der Waals surface area contributed by atoms with Crippen LogP contribution in [0.1, 0.15) is 17.4 Å². The zero-order valence-electron chi connectivity index (χ0n) is 13.4. The fraction of sp³-hybridized carbons (Fsp3) is 0.389. The number of hydrogen-bond donors (Lipinski definition) is 1. The van der Waals surface area contributed by atoms with Crippen LogP contribution in [0.2, 0.25) is 0 Å². The van der Waals surface area contributed by atoms with Crippen LogP contribution in [-0.4, -0.2) is 47.0 Å². The molecule has 0 radical (unpaired) electrons. The van der Waals surface area contributed by atoms with Crippen LogP contribution < -0.4 is 0 Å². The zero-order chi connectivity index (χ0) is 16.2. The molecule has 0 saturated carbocycles. The van der Waals surface area contributed by atoms with E-state index in [0.29, 0.717) is 0 Å². The molecule has 0 aliphatic carbocycles. The maximum atomic E-state index is 11.4. The Labute approximate surface area is 141 Å². The maximum absolute atomic E-state index is 11.4. The molecule has 1 amide bonds. The summed E-state index contributed by atoms with van der Waals surface area (Å²) in [4.78, 5) is 16.7. The summed E-state index contributed by atoms with van der Waals surface area (Å²) >= 11 is 1.59. The topological polar surface area (TPSA) is 43.8 Å². The smallest absolute Gasteiger partial charge is 0.219 e. The normalized spacial score (nSPS) is 15.8. The Morgan fingerprint density at radius 2 is 2.00 bits per heavy atom. The minimum atomic E-state index is 0.0875. The fourth-order valence-corrected chi connectivity index (χ4v) is 3.79. The second kappa shape index (κ2) is 7.25. The van der Waals surface area contributed by atoms with Gasteiger partial charge in [0.2, 0.25) is 5.91 Å². The predicted octanol–water partition coefficient (Wildman–Crippen LogP) is 2.57. The third-order valence-corrected chi connectivity index (χ3v) is 5.26. The Hall–Kier alpha value is -1.69. The van der Waals surface area contributed by atoms with Crippen LogP contribution in [-0.2, 0) is 17.9 Å². The van der Waals surface area contributed by atoms with E-state index >= 15 is 0 Å². The number of nitrogens with zero attached hydrogens (tertiary/aromatic N) is 2. The summed E-state index contributed by atoms with van der Waals surface area (Å²) in [6.45, 7) is 6.10. The highest BCUT2D eigenvalue weighted by atomic mass is 32.1. The van der Waals surface area contributed by atoms with E-state index in [9.17, 15) is 9.90 Å². The van der Waals surface area contributed by atoms with Gasteiger partial charge in [-0.15, -0.1) is 11.3 Å². The van der Waals surface area contributed by atoms with E-state index in [-0.39, 0.29) is 12.5 Å². The van der Waals surface area contributed by atoms with Crippen molar-refractivity contribution in [1.82, 2.24) is 9.80 Å². The quantitative estimate of drug-likeness (QED) is 0.937. The molecule has 1 N–H and O–H groups in total. The lowest BCUT2D eigenvalue weighted by atomic mass is 10.0. The first-order valence-corrected chi connectivity index (χ1v) is 8.80. The second-order valence-corrected chi connectivity index (χ2v) is 6.90. The van der Waals surface area contributed by atoms with Gasteiger partial charge in [-0.2, -0.15) is 0 Å². The van der Waals surface area contributed by atoms with Crippen LogP contribution in [0.5, 0.6) is 0 Å². The SMILES string of the molecule is CC(=O)N1CCN(Cc2cccc(-c3ccsc3CO)c2)CC1. The van der Waals surface area contributed by atoms with Gasteiger partial charge in [-0.05, 0) is 34.2 Å². The first-order chi connectivity index (χ1) is 11.2. The molecular formula is C18H22N2O2S. The number of aliphatic hydroxyl groups excluding tert-OH is 1. The molecule has 1 fully saturated rings. The Morgan fingerprint density at radius 1 is 1.22 bits per heavy atom. The highest BCUT2D eigenvalue weighted by molar-refractivity contribution is 7.10. The number of hydrogen-bond acceptors (Lipinski definition) is 4. The van der Waals surface area contributed by atoms with E-state index in [4.69, 9.17) is 0 Å². The van der Waals surface area contributed by atoms with Crippen LogP contribution in [0, 0.1) is 0 Å². The Kier molecular flexibility index (Phi) is 5.10. The average Bonchev–Trinajstić information content (AvgIpc) is 3.04. The zero-order valence-corrected chi connectivity index (χ0v) is 14.2. The molecule has 1 aromatic carbocycles. The third kappa shape index (κ3) is 3.80. The largest absolute Gasteiger partial charge is 0.391 e. The van der Waals surface area contributed by atoms with E-state index in [1.807, 2.05) is 10.3 Å². The minimum absolute atomic E-state index is 0.0875. The summed E-state index contributed by atoms with van der Waals surface area (Å²) in [5, 5.41) is 11.5. The lowest BCUT2D eigenvalue weighted by molar-refractivity contribution is -0.130. The van der Waals surface area contributed by atoms with Crippen molar-refractivity contribution in [3.63, 3.8) is 0 Å². The van der Waals surface area contributed by atoms with Crippen LogP contribution in [0.3, 0.4) is 0 Å². The summed E-state index contributed by atoms with van der Waals surface area (Å²) in [7, 11) is 0. The number of benzene rings is 1. The molecule has 1 saturated heterocycles. The Morgan fingerprint density at radius 3 is 2.70 bits per heavy atom. The number of carbonyl (C=O) groups excluding carboxylic acids is 1. The molecule has 2 heterocycles. The van der Waals surface area contributed by atoms with Crippen molar-refractivity contribution in [3.05, 3.63) is 46.2 Å². The van der Waals surface area contributed by atoms with Gasteiger partial charge in [0.25, 0.3) is 0 Å². The van der Waals surface area contributed by atoms with Crippen LogP contribution in [0.4, 0.5) is 0 Å². The van der Waals surface area contributed by atoms with Crippen LogP contribution in [0.15, 0.2) is 35.7 Å². The number of rotatable bonds is 4. The monoisotopic (exact) mass is 330 g/mol. The molecule has 23 heavy (non-hydrogen) atoms. The number of thiophene rings is 1. The molecule has 1 aliphatic rings. The highest BCUT2D eigenvalue weighted by Crippen LogP contribution is 2.29. The molecule has 4 nitrogen and oxygen atoms in total. The average molecular weight is 330 g/mol.